The van der Waals surface area contributed by atoms with Crippen molar-refractivity contribution in [3.05, 3.63) is 11.8 Å². The molecule has 0 spiro atoms. The van der Waals surface area contributed by atoms with E-state index in [1.165, 1.54) is 202 Å². The van der Waals surface area contributed by atoms with Crippen LogP contribution in [0.1, 0.15) is 293 Å². The van der Waals surface area contributed by atoms with Crippen molar-refractivity contribution in [3.63, 3.8) is 0 Å². The molecular formula is C59H130N2Si5. The molecule has 0 aliphatic rings. The lowest BCUT2D eigenvalue weighted by atomic mass is 10.1. The Morgan fingerprint density at radius 3 is 0.606 bits per heavy atom. The maximum absolute atomic E-state index is 3.99. The zero-order valence-corrected chi connectivity index (χ0v) is 56.3. The van der Waals surface area contributed by atoms with Gasteiger partial charge < -0.3 is 8.46 Å². The molecule has 0 saturated heterocycles. The minimum Gasteiger partial charge on any atom is -0.327 e. The van der Waals surface area contributed by atoms with Crippen molar-refractivity contribution in [2.75, 3.05) is 0 Å². The largest absolute Gasteiger partial charge is 0.327 e. The second-order valence-corrected chi connectivity index (χ2v) is 46.3. The van der Waals surface area contributed by atoms with E-state index in [0.717, 1.165) is 10.2 Å². The first-order valence-corrected chi connectivity index (χ1v) is 41.0. The predicted octanol–water partition coefficient (Wildman–Crippen LogP) is 21.3. The highest BCUT2D eigenvalue weighted by molar-refractivity contribution is 6.98. The predicted molar refractivity (Wildman–Crippen MR) is 323 cm³/mol. The smallest absolute Gasteiger partial charge is 0.128 e. The van der Waals surface area contributed by atoms with Crippen LogP contribution in [0.15, 0.2) is 11.8 Å². The highest BCUT2D eigenvalue weighted by Crippen LogP contribution is 2.64. The molecule has 0 aromatic carbocycles. The molecule has 0 aromatic rings. The van der Waals surface area contributed by atoms with E-state index in [4.69, 9.17) is 0 Å². The van der Waals surface area contributed by atoms with Gasteiger partial charge in [0.05, 0.1) is 6.17 Å². The molecule has 0 atom stereocenters. The number of unbranched alkanes of at least 4 members (excludes halogenated alkanes) is 8. The summed E-state index contributed by atoms with van der Waals surface area (Å²) >= 11 is 0. The Balaban J connectivity index is 11.0. The fraction of sp³-hybridized carbons (Fsp3) is 0.966. The Morgan fingerprint density at radius 2 is 0.485 bits per heavy atom. The van der Waals surface area contributed by atoms with Crippen LogP contribution in [0.5, 0.6) is 0 Å². The minimum atomic E-state index is -2.33. The molecule has 0 saturated carbocycles. The SMILES string of the molecule is CCCC[Si](CCCC)(N(C(C=C[SiH3])N([Si](CCCC)(CCCC)C(C)(C)CCC)[Si](CCCC)(CCCC)C(C)(C)CCC)[Si](CCCC)(CCCC)C(C)(C)CCC)C(C)(C)CCC. The van der Waals surface area contributed by atoms with Gasteiger partial charge in [-0.05, 0) is 94.2 Å². The topological polar surface area (TPSA) is 6.48 Å². The third-order valence-corrected chi connectivity index (χ3v) is 49.6. The summed E-state index contributed by atoms with van der Waals surface area (Å²) in [6.45, 7) is 54.0. The average molecular weight is 1010 g/mol. The van der Waals surface area contributed by atoms with E-state index < -0.39 is 32.9 Å². The monoisotopic (exact) mass is 1010 g/mol. The van der Waals surface area contributed by atoms with E-state index >= 15 is 0 Å². The second-order valence-electron chi connectivity index (χ2n) is 25.2. The van der Waals surface area contributed by atoms with Crippen molar-refractivity contribution < 1.29 is 0 Å². The molecule has 2 nitrogen and oxygen atoms in total. The van der Waals surface area contributed by atoms with Gasteiger partial charge in [0, 0.05) is 10.2 Å². The van der Waals surface area contributed by atoms with Gasteiger partial charge in [0.15, 0.2) is 0 Å². The van der Waals surface area contributed by atoms with Crippen molar-refractivity contribution in [2.45, 2.75) is 367 Å². The van der Waals surface area contributed by atoms with Crippen LogP contribution in [-0.4, -0.2) is 57.8 Å². The lowest BCUT2D eigenvalue weighted by Crippen LogP contribution is -2.84. The first-order valence-electron chi connectivity index (χ1n) is 30.4. The first-order chi connectivity index (χ1) is 31.2. The molecule has 0 radical (unpaired) electrons. The van der Waals surface area contributed by atoms with Crippen LogP contribution in [0.3, 0.4) is 0 Å². The fourth-order valence-corrected chi connectivity index (χ4v) is 52.8. The van der Waals surface area contributed by atoms with Gasteiger partial charge in [-0.2, -0.15) is 0 Å². The Bertz CT molecular complexity index is 1040. The fourth-order valence-electron chi connectivity index (χ4n) is 15.0. The lowest BCUT2D eigenvalue weighted by molar-refractivity contribution is 0.284. The van der Waals surface area contributed by atoms with Crippen molar-refractivity contribution in [1.82, 2.24) is 8.46 Å². The first kappa shape index (κ1) is 66.7. The van der Waals surface area contributed by atoms with Gasteiger partial charge in [0.2, 0.25) is 0 Å². The summed E-state index contributed by atoms with van der Waals surface area (Å²) in [5.74, 6) is 0. The van der Waals surface area contributed by atoms with Gasteiger partial charge in [0.25, 0.3) is 0 Å². The number of hydrogen-bond acceptors (Lipinski definition) is 2. The average Bonchev–Trinajstić information content (AvgIpc) is 3.26. The highest BCUT2D eigenvalue weighted by Gasteiger charge is 2.68. The molecule has 0 amide bonds. The molecule has 0 unspecified atom stereocenters. The van der Waals surface area contributed by atoms with Gasteiger partial charge in [0.1, 0.15) is 32.9 Å². The van der Waals surface area contributed by atoms with Crippen LogP contribution in [0.25, 0.3) is 0 Å². The zero-order valence-electron chi connectivity index (χ0n) is 50.3. The number of hydrogen-bond donors (Lipinski definition) is 0. The van der Waals surface area contributed by atoms with Crippen molar-refractivity contribution in [2.24, 2.45) is 0 Å². The maximum atomic E-state index is 3.99. The molecule has 7 heteroatoms. The van der Waals surface area contributed by atoms with Crippen molar-refractivity contribution in [3.8, 4) is 0 Å². The maximum Gasteiger partial charge on any atom is 0.128 e. The van der Waals surface area contributed by atoms with Gasteiger partial charge in [-0.25, -0.2) is 0 Å². The van der Waals surface area contributed by atoms with Crippen LogP contribution < -0.4 is 0 Å². The van der Waals surface area contributed by atoms with Crippen LogP contribution >= 0.6 is 0 Å². The third-order valence-electron chi connectivity index (χ3n) is 18.8. The molecule has 0 bridgehead atoms. The Morgan fingerprint density at radius 1 is 0.318 bits per heavy atom. The minimum absolute atomic E-state index is 0.333. The summed E-state index contributed by atoms with van der Waals surface area (Å²) in [4.78, 5) is 0. The molecule has 0 N–H and O–H groups in total. The van der Waals surface area contributed by atoms with Crippen LogP contribution in [0, 0.1) is 0 Å². The van der Waals surface area contributed by atoms with Gasteiger partial charge in [-0.1, -0.05) is 273 Å². The molecule has 66 heavy (non-hydrogen) atoms. The third kappa shape index (κ3) is 16.1. The standard InChI is InChI=1S/C59H130N2Si5/c1-21-33-47-63(48-34-22-2,56(13,14)42-29-9)60(64(49-35-23-3,50-36-24-4)57(15,16)43-30-10)55(41-46-62)61(65(51-37-25-5,52-38-26-6)58(17,18)44-31-11)66(53-39-27-7,54-40-28-8)59(19,20)45-32-12/h41,46,55H,21-40,42-45,47-54H2,1-20,62H3. The van der Waals surface area contributed by atoms with E-state index in [1.807, 2.05) is 0 Å². The summed E-state index contributed by atoms with van der Waals surface area (Å²) in [7, 11) is -8.17. The highest BCUT2D eigenvalue weighted by atomic mass is 28.4. The molecule has 0 aliphatic heterocycles. The van der Waals surface area contributed by atoms with Gasteiger partial charge >= 0.3 is 0 Å². The van der Waals surface area contributed by atoms with Crippen LogP contribution in [-0.2, 0) is 0 Å². The quantitative estimate of drug-likeness (QED) is 0.0444. The summed E-state index contributed by atoms with van der Waals surface area (Å²) < 4.78 is 7.97. The van der Waals surface area contributed by atoms with Gasteiger partial charge in [-0.3, -0.25) is 0 Å². The zero-order chi connectivity index (χ0) is 50.8. The molecule has 0 rings (SSSR count). The summed E-state index contributed by atoms with van der Waals surface area (Å²) in [6.07, 6.45) is 36.5. The molecular weight excluding hydrogens is 877 g/mol. The van der Waals surface area contributed by atoms with Crippen molar-refractivity contribution in [1.29, 1.82) is 0 Å². The number of nitrogens with zero attached hydrogens (tertiary/aromatic N) is 2. The Kier molecular flexibility index (Phi) is 33.1. The summed E-state index contributed by atoms with van der Waals surface area (Å²) in [5, 5.41) is 1.33. The van der Waals surface area contributed by atoms with E-state index in [2.05, 4.69) is 159 Å². The van der Waals surface area contributed by atoms with Gasteiger partial charge in [-0.15, -0.1) is 5.70 Å². The number of rotatable bonds is 43. The molecule has 0 aromatic heterocycles. The Labute approximate surface area is 428 Å². The normalized spacial score (nSPS) is 14.3. The van der Waals surface area contributed by atoms with Crippen LogP contribution in [0.4, 0.5) is 0 Å². The van der Waals surface area contributed by atoms with Crippen LogP contribution in [0.2, 0.25) is 68.5 Å². The van der Waals surface area contributed by atoms with Crippen molar-refractivity contribution >= 4 is 43.2 Å². The molecule has 0 heterocycles. The molecule has 396 valence electrons. The Hall–Kier alpha value is 0.744. The second kappa shape index (κ2) is 32.7. The van der Waals surface area contributed by atoms with E-state index in [1.54, 1.807) is 0 Å². The van der Waals surface area contributed by atoms with E-state index in [9.17, 15) is 0 Å². The summed E-state index contributed by atoms with van der Waals surface area (Å²) in [6, 6.07) is 12.1. The molecule has 0 fully saturated rings. The molecule has 0 aliphatic carbocycles. The van der Waals surface area contributed by atoms with E-state index in [0.29, 0.717) is 26.3 Å². The van der Waals surface area contributed by atoms with E-state index in [-0.39, 0.29) is 0 Å². The summed E-state index contributed by atoms with van der Waals surface area (Å²) in [5.41, 5.74) is 2.83. The lowest BCUT2D eigenvalue weighted by Gasteiger charge is -2.72.